The van der Waals surface area contributed by atoms with Crippen molar-refractivity contribution in [2.24, 2.45) is 0 Å². The van der Waals surface area contributed by atoms with E-state index < -0.39 is 0 Å². The Bertz CT molecular complexity index is 782. The van der Waals surface area contributed by atoms with Gasteiger partial charge in [-0.1, -0.05) is 12.1 Å². The minimum atomic E-state index is 0.541. The average molecular weight is 295 g/mol. The van der Waals surface area contributed by atoms with Crippen molar-refractivity contribution in [1.82, 2.24) is 9.97 Å². The van der Waals surface area contributed by atoms with E-state index in [2.05, 4.69) is 15.3 Å². The van der Waals surface area contributed by atoms with Gasteiger partial charge in [-0.3, -0.25) is 4.79 Å². The molecule has 0 atom stereocenters. The van der Waals surface area contributed by atoms with Crippen molar-refractivity contribution in [3.05, 3.63) is 59.1 Å². The number of aldehydes is 1. The maximum Gasteiger partial charge on any atom is 0.227 e. The summed E-state index contributed by atoms with van der Waals surface area (Å²) in [7, 11) is 0. The molecule has 104 valence electrons. The van der Waals surface area contributed by atoms with E-state index in [9.17, 15) is 4.79 Å². The molecule has 0 spiro atoms. The van der Waals surface area contributed by atoms with Gasteiger partial charge in [0.1, 0.15) is 0 Å². The summed E-state index contributed by atoms with van der Waals surface area (Å²) in [6.45, 7) is 2.04. The predicted molar refractivity (Wildman–Crippen MR) is 85.2 cm³/mol. The summed E-state index contributed by atoms with van der Waals surface area (Å²) < 4.78 is 0. The lowest BCUT2D eigenvalue weighted by Gasteiger charge is -2.06. The van der Waals surface area contributed by atoms with Crippen LogP contribution in [0.25, 0.3) is 10.6 Å². The first-order valence-corrected chi connectivity index (χ1v) is 7.28. The Morgan fingerprint density at radius 2 is 2.10 bits per heavy atom. The zero-order valence-electron chi connectivity index (χ0n) is 11.4. The maximum absolute atomic E-state index is 10.8. The van der Waals surface area contributed by atoms with Crippen molar-refractivity contribution in [3.8, 4) is 10.6 Å². The molecule has 0 aliphatic carbocycles. The zero-order chi connectivity index (χ0) is 14.7. The van der Waals surface area contributed by atoms with Gasteiger partial charge in [-0.25, -0.2) is 9.97 Å². The number of nitrogens with zero attached hydrogens (tertiary/aromatic N) is 2. The Balaban J connectivity index is 1.87. The Morgan fingerprint density at radius 1 is 1.19 bits per heavy atom. The first-order valence-electron chi connectivity index (χ1n) is 6.47. The monoisotopic (exact) mass is 295 g/mol. The summed E-state index contributed by atoms with van der Waals surface area (Å²) in [5.74, 6) is 0.541. The van der Waals surface area contributed by atoms with Gasteiger partial charge in [0.05, 0.1) is 15.4 Å². The van der Waals surface area contributed by atoms with E-state index in [4.69, 9.17) is 0 Å². The standard InChI is InChI=1S/C16H13N3OS/c1-11-3-2-4-12(9-11)18-16-17-8-7-14(19-16)15-6-5-13(10-20)21-15/h2-10H,1H3,(H,17,18,19). The lowest BCUT2D eigenvalue weighted by molar-refractivity contribution is 0.112. The van der Waals surface area contributed by atoms with Crippen molar-refractivity contribution in [1.29, 1.82) is 0 Å². The molecule has 21 heavy (non-hydrogen) atoms. The highest BCUT2D eigenvalue weighted by Gasteiger charge is 2.06. The summed E-state index contributed by atoms with van der Waals surface area (Å²) in [5.41, 5.74) is 2.93. The minimum Gasteiger partial charge on any atom is -0.324 e. The number of hydrogen-bond acceptors (Lipinski definition) is 5. The summed E-state index contributed by atoms with van der Waals surface area (Å²) in [5, 5.41) is 3.19. The van der Waals surface area contributed by atoms with Gasteiger partial charge >= 0.3 is 0 Å². The van der Waals surface area contributed by atoms with E-state index in [1.54, 1.807) is 12.3 Å². The third kappa shape index (κ3) is 3.14. The van der Waals surface area contributed by atoms with E-state index in [1.807, 2.05) is 43.3 Å². The molecule has 2 aromatic heterocycles. The summed E-state index contributed by atoms with van der Waals surface area (Å²) in [6.07, 6.45) is 2.56. The number of anilines is 2. The Kier molecular flexibility index (Phi) is 3.75. The van der Waals surface area contributed by atoms with Crippen molar-refractivity contribution in [3.63, 3.8) is 0 Å². The Labute approximate surface area is 126 Å². The fourth-order valence-electron chi connectivity index (χ4n) is 1.96. The van der Waals surface area contributed by atoms with Crippen LogP contribution in [0.5, 0.6) is 0 Å². The average Bonchev–Trinajstić information content (AvgIpc) is 2.96. The van der Waals surface area contributed by atoms with Gasteiger partial charge in [-0.05, 0) is 42.8 Å². The zero-order valence-corrected chi connectivity index (χ0v) is 12.2. The third-order valence-electron chi connectivity index (χ3n) is 2.93. The van der Waals surface area contributed by atoms with Crippen LogP contribution in [-0.4, -0.2) is 16.3 Å². The smallest absolute Gasteiger partial charge is 0.227 e. The molecule has 1 aromatic carbocycles. The molecule has 0 aliphatic heterocycles. The van der Waals surface area contributed by atoms with Gasteiger partial charge in [-0.15, -0.1) is 11.3 Å². The Morgan fingerprint density at radius 3 is 2.86 bits per heavy atom. The third-order valence-corrected chi connectivity index (χ3v) is 3.96. The summed E-state index contributed by atoms with van der Waals surface area (Å²) in [6, 6.07) is 13.5. The topological polar surface area (TPSA) is 54.9 Å². The second-order valence-corrected chi connectivity index (χ2v) is 5.70. The van der Waals surface area contributed by atoms with Gasteiger partial charge < -0.3 is 5.32 Å². The molecule has 0 unspecified atom stereocenters. The number of rotatable bonds is 4. The molecule has 2 heterocycles. The number of benzene rings is 1. The van der Waals surface area contributed by atoms with E-state index in [-0.39, 0.29) is 0 Å². The highest BCUT2D eigenvalue weighted by Crippen LogP contribution is 2.26. The van der Waals surface area contributed by atoms with Gasteiger partial charge in [0.15, 0.2) is 6.29 Å². The fraction of sp³-hybridized carbons (Fsp3) is 0.0625. The molecule has 5 heteroatoms. The van der Waals surface area contributed by atoms with E-state index >= 15 is 0 Å². The largest absolute Gasteiger partial charge is 0.324 e. The number of thiophene rings is 1. The number of nitrogens with one attached hydrogen (secondary N) is 1. The van der Waals surface area contributed by atoms with Crippen LogP contribution in [-0.2, 0) is 0 Å². The molecule has 0 aliphatic rings. The van der Waals surface area contributed by atoms with Crippen LogP contribution in [0.4, 0.5) is 11.6 Å². The number of hydrogen-bond donors (Lipinski definition) is 1. The molecule has 0 fully saturated rings. The normalized spacial score (nSPS) is 10.3. The molecule has 0 amide bonds. The maximum atomic E-state index is 10.8. The fourth-order valence-corrected chi connectivity index (χ4v) is 2.75. The molecular weight excluding hydrogens is 282 g/mol. The van der Waals surface area contributed by atoms with Crippen LogP contribution in [0.3, 0.4) is 0 Å². The lowest BCUT2D eigenvalue weighted by atomic mass is 10.2. The van der Waals surface area contributed by atoms with Crippen LogP contribution < -0.4 is 5.32 Å². The lowest BCUT2D eigenvalue weighted by Crippen LogP contribution is -1.97. The number of carbonyl (C=O) groups is 1. The van der Waals surface area contributed by atoms with Crippen molar-refractivity contribution in [2.75, 3.05) is 5.32 Å². The molecule has 0 bridgehead atoms. The van der Waals surface area contributed by atoms with Crippen molar-refractivity contribution >= 4 is 29.3 Å². The van der Waals surface area contributed by atoms with Gasteiger partial charge in [0, 0.05) is 11.9 Å². The second-order valence-electron chi connectivity index (χ2n) is 4.58. The molecular formula is C16H13N3OS. The van der Waals surface area contributed by atoms with Crippen LogP contribution in [0.1, 0.15) is 15.2 Å². The molecule has 4 nitrogen and oxygen atoms in total. The number of aryl methyl sites for hydroxylation is 1. The minimum absolute atomic E-state index is 0.541. The van der Waals surface area contributed by atoms with E-state index in [0.29, 0.717) is 10.8 Å². The van der Waals surface area contributed by atoms with Crippen LogP contribution in [0, 0.1) is 6.92 Å². The van der Waals surface area contributed by atoms with Crippen LogP contribution in [0.2, 0.25) is 0 Å². The molecule has 3 aromatic rings. The summed E-state index contributed by atoms with van der Waals surface area (Å²) >= 11 is 1.42. The van der Waals surface area contributed by atoms with Crippen LogP contribution in [0.15, 0.2) is 48.7 Å². The highest BCUT2D eigenvalue weighted by atomic mass is 32.1. The predicted octanol–water partition coefficient (Wildman–Crippen LogP) is 4.07. The van der Waals surface area contributed by atoms with E-state index in [1.165, 1.54) is 16.9 Å². The van der Waals surface area contributed by atoms with E-state index in [0.717, 1.165) is 22.5 Å². The van der Waals surface area contributed by atoms with Crippen LogP contribution >= 0.6 is 11.3 Å². The van der Waals surface area contributed by atoms with Gasteiger partial charge in [-0.2, -0.15) is 0 Å². The first kappa shape index (κ1) is 13.5. The molecule has 0 radical (unpaired) electrons. The molecule has 3 rings (SSSR count). The number of carbonyl (C=O) groups excluding carboxylic acids is 1. The highest BCUT2D eigenvalue weighted by molar-refractivity contribution is 7.17. The van der Waals surface area contributed by atoms with Gasteiger partial charge in [0.2, 0.25) is 5.95 Å². The summed E-state index contributed by atoms with van der Waals surface area (Å²) in [4.78, 5) is 21.1. The molecule has 1 N–H and O–H groups in total. The Hall–Kier alpha value is -2.53. The number of aromatic nitrogens is 2. The quantitative estimate of drug-likeness (QED) is 0.737. The van der Waals surface area contributed by atoms with Gasteiger partial charge in [0.25, 0.3) is 0 Å². The van der Waals surface area contributed by atoms with Crippen molar-refractivity contribution in [2.45, 2.75) is 6.92 Å². The first-order chi connectivity index (χ1) is 10.2. The second kappa shape index (κ2) is 5.85. The van der Waals surface area contributed by atoms with Crippen molar-refractivity contribution < 1.29 is 4.79 Å². The SMILES string of the molecule is Cc1cccc(Nc2nccc(-c3ccc(C=O)s3)n2)c1. The molecule has 0 saturated heterocycles. The molecule has 0 saturated carbocycles.